The molecule has 2 aromatic heterocycles. The number of carbonyl (C=O) groups is 1. The number of likely N-dealkylation sites (tertiary alicyclic amines) is 1. The average Bonchev–Trinajstić information content (AvgIpc) is 3.01. The maximum Gasteiger partial charge on any atom is 0.272 e. The molecule has 1 saturated heterocycles. The molecule has 6 heteroatoms. The highest BCUT2D eigenvalue weighted by Gasteiger charge is 2.23. The van der Waals surface area contributed by atoms with Crippen molar-refractivity contribution in [3.8, 4) is 5.69 Å². The highest BCUT2D eigenvalue weighted by atomic mass is 16.2. The van der Waals surface area contributed by atoms with Gasteiger partial charge in [0, 0.05) is 37.7 Å². The number of piperidine rings is 1. The van der Waals surface area contributed by atoms with Crippen LogP contribution in [-0.4, -0.2) is 44.7 Å². The summed E-state index contributed by atoms with van der Waals surface area (Å²) >= 11 is 0. The van der Waals surface area contributed by atoms with Gasteiger partial charge in [-0.1, -0.05) is 0 Å². The third-order valence-electron chi connectivity index (χ3n) is 3.48. The van der Waals surface area contributed by atoms with Gasteiger partial charge in [-0.3, -0.25) is 9.78 Å². The molecule has 2 aromatic rings. The van der Waals surface area contributed by atoms with Crippen LogP contribution in [0.15, 0.2) is 36.8 Å². The summed E-state index contributed by atoms with van der Waals surface area (Å²) in [5.41, 5.74) is 7.19. The second-order valence-corrected chi connectivity index (χ2v) is 5.00. The first-order chi connectivity index (χ1) is 9.74. The summed E-state index contributed by atoms with van der Waals surface area (Å²) in [6, 6.07) is 5.49. The second-order valence-electron chi connectivity index (χ2n) is 5.00. The van der Waals surface area contributed by atoms with Crippen molar-refractivity contribution < 1.29 is 4.79 Å². The van der Waals surface area contributed by atoms with E-state index in [4.69, 9.17) is 5.73 Å². The Bertz CT molecular complexity index is 595. The number of amides is 1. The van der Waals surface area contributed by atoms with Gasteiger partial charge < -0.3 is 10.6 Å². The van der Waals surface area contributed by atoms with Crippen molar-refractivity contribution in [2.45, 2.75) is 18.9 Å². The molecule has 0 spiro atoms. The Morgan fingerprint density at radius 1 is 1.40 bits per heavy atom. The maximum atomic E-state index is 12.4. The van der Waals surface area contributed by atoms with Gasteiger partial charge in [-0.2, -0.15) is 5.10 Å². The fourth-order valence-corrected chi connectivity index (χ4v) is 2.46. The van der Waals surface area contributed by atoms with Gasteiger partial charge in [0.25, 0.3) is 5.91 Å². The fourth-order valence-electron chi connectivity index (χ4n) is 2.46. The maximum absolute atomic E-state index is 12.4. The molecule has 0 radical (unpaired) electrons. The zero-order valence-corrected chi connectivity index (χ0v) is 11.1. The van der Waals surface area contributed by atoms with Gasteiger partial charge >= 0.3 is 0 Å². The summed E-state index contributed by atoms with van der Waals surface area (Å²) < 4.78 is 1.71. The van der Waals surface area contributed by atoms with E-state index in [0.717, 1.165) is 25.1 Å². The summed E-state index contributed by atoms with van der Waals surface area (Å²) in [5.74, 6) is -0.0610. The number of carbonyl (C=O) groups excluding carboxylic acids is 1. The molecule has 1 fully saturated rings. The van der Waals surface area contributed by atoms with Crippen LogP contribution < -0.4 is 5.73 Å². The van der Waals surface area contributed by atoms with Gasteiger partial charge in [-0.05, 0) is 31.0 Å². The molecule has 1 amide bonds. The van der Waals surface area contributed by atoms with Crippen LogP contribution in [0.25, 0.3) is 5.69 Å². The molecule has 3 rings (SSSR count). The fraction of sp³-hybridized carbons (Fsp3) is 0.357. The number of nitrogens with zero attached hydrogens (tertiary/aromatic N) is 4. The zero-order valence-electron chi connectivity index (χ0n) is 11.1. The first kappa shape index (κ1) is 12.8. The lowest BCUT2D eigenvalue weighted by Crippen LogP contribution is -2.45. The smallest absolute Gasteiger partial charge is 0.272 e. The lowest BCUT2D eigenvalue weighted by Gasteiger charge is -2.30. The molecule has 20 heavy (non-hydrogen) atoms. The minimum atomic E-state index is -0.0610. The van der Waals surface area contributed by atoms with Gasteiger partial charge in [0.2, 0.25) is 0 Å². The molecule has 0 aromatic carbocycles. The molecule has 0 aliphatic carbocycles. The van der Waals surface area contributed by atoms with Gasteiger partial charge in [0.05, 0.1) is 5.69 Å². The standard InChI is InChI=1S/C14H17N5O/c15-11-3-1-7-18(10-11)14(20)13-9-12(4-6-16-13)19-8-2-5-17-19/h2,4-6,8-9,11H,1,3,7,10,15H2/t11-/m0/s1. The third kappa shape index (κ3) is 2.55. The normalized spacial score (nSPS) is 19.1. The molecule has 1 aliphatic heterocycles. The molecule has 0 unspecified atom stereocenters. The van der Waals surface area contributed by atoms with Crippen LogP contribution in [-0.2, 0) is 0 Å². The molecule has 1 aliphatic rings. The number of pyridine rings is 1. The average molecular weight is 271 g/mol. The quantitative estimate of drug-likeness (QED) is 0.877. The second kappa shape index (κ2) is 5.42. The van der Waals surface area contributed by atoms with Crippen LogP contribution >= 0.6 is 0 Å². The van der Waals surface area contributed by atoms with E-state index in [0.29, 0.717) is 12.2 Å². The van der Waals surface area contributed by atoms with E-state index in [-0.39, 0.29) is 11.9 Å². The molecular weight excluding hydrogens is 254 g/mol. The molecule has 104 valence electrons. The van der Waals surface area contributed by atoms with Crippen molar-refractivity contribution in [3.63, 3.8) is 0 Å². The lowest BCUT2D eigenvalue weighted by molar-refractivity contribution is 0.0703. The van der Waals surface area contributed by atoms with Crippen molar-refractivity contribution in [1.82, 2.24) is 19.7 Å². The van der Waals surface area contributed by atoms with E-state index < -0.39 is 0 Å². The minimum Gasteiger partial charge on any atom is -0.336 e. The van der Waals surface area contributed by atoms with Crippen molar-refractivity contribution in [2.75, 3.05) is 13.1 Å². The Kier molecular flexibility index (Phi) is 3.47. The Morgan fingerprint density at radius 3 is 3.05 bits per heavy atom. The Hall–Kier alpha value is -2.21. The van der Waals surface area contributed by atoms with E-state index in [1.165, 1.54) is 0 Å². The highest BCUT2D eigenvalue weighted by Crippen LogP contribution is 2.13. The van der Waals surface area contributed by atoms with Gasteiger partial charge in [-0.15, -0.1) is 0 Å². The van der Waals surface area contributed by atoms with Gasteiger partial charge in [0.1, 0.15) is 5.69 Å². The first-order valence-corrected chi connectivity index (χ1v) is 6.75. The molecule has 1 atom stereocenters. The van der Waals surface area contributed by atoms with Gasteiger partial charge in [0.15, 0.2) is 0 Å². The van der Waals surface area contributed by atoms with Crippen molar-refractivity contribution in [2.24, 2.45) is 5.73 Å². The van der Waals surface area contributed by atoms with E-state index in [9.17, 15) is 4.79 Å². The van der Waals surface area contributed by atoms with E-state index in [1.54, 1.807) is 28.0 Å². The number of hydrogen-bond donors (Lipinski definition) is 1. The summed E-state index contributed by atoms with van der Waals surface area (Å²) in [4.78, 5) is 18.4. The molecule has 0 saturated carbocycles. The molecular formula is C14H17N5O. The number of rotatable bonds is 2. The highest BCUT2D eigenvalue weighted by molar-refractivity contribution is 5.92. The molecule has 3 heterocycles. The van der Waals surface area contributed by atoms with Crippen molar-refractivity contribution >= 4 is 5.91 Å². The predicted molar refractivity (Wildman–Crippen MR) is 74.5 cm³/mol. The topological polar surface area (TPSA) is 77.0 Å². The summed E-state index contributed by atoms with van der Waals surface area (Å²) in [5, 5.41) is 4.16. The summed E-state index contributed by atoms with van der Waals surface area (Å²) in [7, 11) is 0. The number of aromatic nitrogens is 3. The largest absolute Gasteiger partial charge is 0.336 e. The van der Waals surface area contributed by atoms with Crippen LogP contribution in [0.1, 0.15) is 23.3 Å². The van der Waals surface area contributed by atoms with E-state index in [2.05, 4.69) is 10.1 Å². The summed E-state index contributed by atoms with van der Waals surface area (Å²) in [6.07, 6.45) is 7.09. The molecule has 6 nitrogen and oxygen atoms in total. The van der Waals surface area contributed by atoms with E-state index >= 15 is 0 Å². The monoisotopic (exact) mass is 271 g/mol. The summed E-state index contributed by atoms with van der Waals surface area (Å²) in [6.45, 7) is 1.35. The Labute approximate surface area is 117 Å². The third-order valence-corrected chi connectivity index (χ3v) is 3.48. The molecule has 0 bridgehead atoms. The first-order valence-electron chi connectivity index (χ1n) is 6.75. The van der Waals surface area contributed by atoms with Crippen molar-refractivity contribution in [3.05, 3.63) is 42.5 Å². The number of nitrogens with two attached hydrogens (primary N) is 1. The van der Waals surface area contributed by atoms with Crippen LogP contribution in [0, 0.1) is 0 Å². The Morgan fingerprint density at radius 2 is 2.30 bits per heavy atom. The van der Waals surface area contributed by atoms with Crippen LogP contribution in [0.3, 0.4) is 0 Å². The SMILES string of the molecule is N[C@H]1CCCN(C(=O)c2cc(-n3cccn3)ccn2)C1. The van der Waals surface area contributed by atoms with Crippen molar-refractivity contribution in [1.29, 1.82) is 0 Å². The van der Waals surface area contributed by atoms with Crippen LogP contribution in [0.4, 0.5) is 0 Å². The van der Waals surface area contributed by atoms with Crippen LogP contribution in [0.5, 0.6) is 0 Å². The predicted octanol–water partition coefficient (Wildman–Crippen LogP) is 0.831. The molecule has 2 N–H and O–H groups in total. The zero-order chi connectivity index (χ0) is 13.9. The van der Waals surface area contributed by atoms with E-state index in [1.807, 2.05) is 18.3 Å². The van der Waals surface area contributed by atoms with Crippen LogP contribution in [0.2, 0.25) is 0 Å². The lowest BCUT2D eigenvalue weighted by atomic mass is 10.1. The number of hydrogen-bond acceptors (Lipinski definition) is 4. The Balaban J connectivity index is 1.83. The minimum absolute atomic E-state index is 0.0610. The van der Waals surface area contributed by atoms with Gasteiger partial charge in [-0.25, -0.2) is 4.68 Å².